The first kappa shape index (κ1) is 10.3. The lowest BCUT2D eigenvalue weighted by Gasteiger charge is -2.04. The number of H-pyrrole nitrogens is 1. The molecule has 2 aromatic heterocycles. The van der Waals surface area contributed by atoms with Crippen LogP contribution in [0.3, 0.4) is 0 Å². The van der Waals surface area contributed by atoms with Gasteiger partial charge in [-0.1, -0.05) is 0 Å². The number of nitrogens with zero attached hydrogens (tertiary/aromatic N) is 4. The Balaban J connectivity index is 2.01. The number of nitrogens with one attached hydrogen (secondary N) is 1. The minimum absolute atomic E-state index is 0.618. The van der Waals surface area contributed by atoms with Gasteiger partial charge in [-0.25, -0.2) is 9.97 Å². The zero-order chi connectivity index (χ0) is 11.7. The Hall–Kier alpha value is -1.87. The van der Waals surface area contributed by atoms with Gasteiger partial charge in [0, 0.05) is 5.69 Å². The van der Waals surface area contributed by atoms with Gasteiger partial charge in [-0.15, -0.1) is 0 Å². The molecule has 0 spiro atoms. The van der Waals surface area contributed by atoms with E-state index >= 15 is 0 Å². The lowest BCUT2D eigenvalue weighted by molar-refractivity contribution is 0.889. The van der Waals surface area contributed by atoms with Crippen molar-refractivity contribution in [3.63, 3.8) is 0 Å². The second-order valence-corrected chi connectivity index (χ2v) is 4.78. The molecule has 6 heteroatoms. The average molecular weight is 243 g/mol. The lowest BCUT2D eigenvalue weighted by Crippen LogP contribution is -1.95. The molecule has 1 N–H and O–H groups in total. The van der Waals surface area contributed by atoms with Crippen molar-refractivity contribution >= 4 is 11.8 Å². The monoisotopic (exact) mass is 243 g/mol. The summed E-state index contributed by atoms with van der Waals surface area (Å²) in [6.07, 6.45) is 4.61. The number of pyridine rings is 1. The fourth-order valence-electron chi connectivity index (χ4n) is 1.95. The highest BCUT2D eigenvalue weighted by molar-refractivity contribution is 7.99. The smallest absolute Gasteiger partial charge is 0.189 e. The van der Waals surface area contributed by atoms with Gasteiger partial charge in [0.1, 0.15) is 17.4 Å². The molecule has 3 rings (SSSR count). The van der Waals surface area contributed by atoms with Crippen LogP contribution in [0.5, 0.6) is 0 Å². The predicted molar refractivity (Wildman–Crippen MR) is 61.5 cm³/mol. The molecule has 0 saturated heterocycles. The molecule has 0 aromatic carbocycles. The fraction of sp³-hybridized carbons (Fsp3) is 0.273. The third kappa shape index (κ3) is 1.89. The van der Waals surface area contributed by atoms with Crippen LogP contribution in [0.4, 0.5) is 0 Å². The molecule has 2 aromatic rings. The van der Waals surface area contributed by atoms with Crippen molar-refractivity contribution in [2.24, 2.45) is 0 Å². The second-order valence-electron chi connectivity index (χ2n) is 3.80. The molecule has 0 aliphatic heterocycles. The summed E-state index contributed by atoms with van der Waals surface area (Å²) in [5, 5.41) is 17.0. The van der Waals surface area contributed by atoms with E-state index in [1.54, 1.807) is 0 Å². The summed E-state index contributed by atoms with van der Waals surface area (Å²) in [4.78, 5) is 8.58. The van der Waals surface area contributed by atoms with Crippen molar-refractivity contribution in [3.05, 3.63) is 29.2 Å². The van der Waals surface area contributed by atoms with Gasteiger partial charge < -0.3 is 0 Å². The third-order valence-corrected chi connectivity index (χ3v) is 3.62. The van der Waals surface area contributed by atoms with E-state index in [0.29, 0.717) is 15.7 Å². The molecular weight excluding hydrogens is 234 g/mol. The quantitative estimate of drug-likeness (QED) is 0.868. The van der Waals surface area contributed by atoms with E-state index in [-0.39, 0.29) is 0 Å². The molecule has 0 saturated carbocycles. The Bertz CT molecular complexity index is 585. The molecule has 0 atom stereocenters. The van der Waals surface area contributed by atoms with E-state index in [9.17, 15) is 0 Å². The Morgan fingerprint density at radius 3 is 3.12 bits per heavy atom. The predicted octanol–water partition coefficient (Wildman–Crippen LogP) is 1.71. The van der Waals surface area contributed by atoms with Crippen molar-refractivity contribution < 1.29 is 0 Å². The highest BCUT2D eigenvalue weighted by Gasteiger charge is 2.17. The van der Waals surface area contributed by atoms with Crippen LogP contribution < -0.4 is 0 Å². The Labute approximate surface area is 102 Å². The molecule has 5 nitrogen and oxygen atoms in total. The van der Waals surface area contributed by atoms with Crippen LogP contribution in [0.2, 0.25) is 0 Å². The van der Waals surface area contributed by atoms with Gasteiger partial charge in [-0.05, 0) is 42.7 Å². The van der Waals surface area contributed by atoms with Crippen LogP contribution in [-0.2, 0) is 12.8 Å². The first-order valence-electron chi connectivity index (χ1n) is 5.33. The molecule has 0 unspecified atom stereocenters. The van der Waals surface area contributed by atoms with Gasteiger partial charge in [0.05, 0.1) is 5.56 Å². The summed E-state index contributed by atoms with van der Waals surface area (Å²) in [5.74, 6) is 0. The number of hydrogen-bond donors (Lipinski definition) is 1. The summed E-state index contributed by atoms with van der Waals surface area (Å²) in [7, 11) is 0. The Morgan fingerprint density at radius 1 is 1.41 bits per heavy atom. The number of aromatic nitrogens is 4. The Kier molecular flexibility index (Phi) is 2.53. The fourth-order valence-corrected chi connectivity index (χ4v) is 2.70. The largest absolute Gasteiger partial charge is 0.254 e. The summed E-state index contributed by atoms with van der Waals surface area (Å²) < 4.78 is 0. The van der Waals surface area contributed by atoms with E-state index < -0.39 is 0 Å². The van der Waals surface area contributed by atoms with E-state index in [4.69, 9.17) is 5.26 Å². The lowest BCUT2D eigenvalue weighted by atomic mass is 10.2. The van der Waals surface area contributed by atoms with E-state index in [1.807, 2.05) is 6.07 Å². The maximum atomic E-state index is 9.13. The second kappa shape index (κ2) is 4.18. The molecule has 17 heavy (non-hydrogen) atoms. The first-order chi connectivity index (χ1) is 8.36. The normalized spacial score (nSPS) is 13.4. The van der Waals surface area contributed by atoms with Gasteiger partial charge in [0.25, 0.3) is 0 Å². The van der Waals surface area contributed by atoms with Crippen molar-refractivity contribution in [2.45, 2.75) is 29.4 Å². The molecule has 0 amide bonds. The molecule has 1 aliphatic carbocycles. The summed E-state index contributed by atoms with van der Waals surface area (Å²) in [5.41, 5.74) is 2.95. The zero-order valence-electron chi connectivity index (χ0n) is 8.97. The van der Waals surface area contributed by atoms with E-state index in [2.05, 4.69) is 26.2 Å². The number of rotatable bonds is 2. The van der Waals surface area contributed by atoms with Crippen molar-refractivity contribution in [1.29, 1.82) is 5.26 Å². The maximum absolute atomic E-state index is 9.13. The molecule has 84 valence electrons. The van der Waals surface area contributed by atoms with Gasteiger partial charge in [-0.3, -0.25) is 5.10 Å². The molecular formula is C11H9N5S. The summed E-state index contributed by atoms with van der Waals surface area (Å²) in [6.45, 7) is 0. The number of aryl methyl sites for hydroxylation is 2. The van der Waals surface area contributed by atoms with Crippen LogP contribution in [0.25, 0.3) is 0 Å². The zero-order valence-corrected chi connectivity index (χ0v) is 9.79. The highest BCUT2D eigenvalue weighted by Crippen LogP contribution is 2.30. The summed E-state index contributed by atoms with van der Waals surface area (Å²) in [6, 6.07) is 4.14. The standard InChI is InChI=1S/C11H9N5S/c12-5-8-4-7-2-1-3-9(7)15-10(8)17-11-13-6-14-16-11/h4,6H,1-3H2,(H,13,14,16). The van der Waals surface area contributed by atoms with Crippen molar-refractivity contribution in [3.8, 4) is 6.07 Å². The topological polar surface area (TPSA) is 78.2 Å². The van der Waals surface area contributed by atoms with Gasteiger partial charge in [0.2, 0.25) is 0 Å². The number of hydrogen-bond acceptors (Lipinski definition) is 5. The van der Waals surface area contributed by atoms with Crippen molar-refractivity contribution in [1.82, 2.24) is 20.2 Å². The van der Waals surface area contributed by atoms with Crippen LogP contribution in [0.1, 0.15) is 23.2 Å². The van der Waals surface area contributed by atoms with Gasteiger partial charge in [-0.2, -0.15) is 10.4 Å². The van der Waals surface area contributed by atoms with Crippen LogP contribution in [0.15, 0.2) is 22.6 Å². The molecule has 1 aliphatic rings. The molecule has 0 radical (unpaired) electrons. The average Bonchev–Trinajstić information content (AvgIpc) is 2.98. The minimum Gasteiger partial charge on any atom is -0.254 e. The van der Waals surface area contributed by atoms with E-state index in [0.717, 1.165) is 25.0 Å². The van der Waals surface area contributed by atoms with Crippen LogP contribution in [0, 0.1) is 11.3 Å². The van der Waals surface area contributed by atoms with E-state index in [1.165, 1.54) is 23.7 Å². The van der Waals surface area contributed by atoms with Crippen molar-refractivity contribution in [2.75, 3.05) is 0 Å². The van der Waals surface area contributed by atoms with Gasteiger partial charge in [0.15, 0.2) is 5.16 Å². The highest BCUT2D eigenvalue weighted by atomic mass is 32.2. The number of aromatic amines is 1. The number of nitriles is 1. The molecule has 0 bridgehead atoms. The van der Waals surface area contributed by atoms with Crippen LogP contribution >= 0.6 is 11.8 Å². The minimum atomic E-state index is 0.618. The van der Waals surface area contributed by atoms with Gasteiger partial charge >= 0.3 is 0 Å². The third-order valence-electron chi connectivity index (χ3n) is 2.72. The molecule has 2 heterocycles. The van der Waals surface area contributed by atoms with Crippen LogP contribution in [-0.4, -0.2) is 20.2 Å². The maximum Gasteiger partial charge on any atom is 0.189 e. The number of fused-ring (bicyclic) bond motifs is 1. The summed E-state index contributed by atoms with van der Waals surface area (Å²) >= 11 is 1.35. The first-order valence-corrected chi connectivity index (χ1v) is 6.14. The Morgan fingerprint density at radius 2 is 2.35 bits per heavy atom. The SMILES string of the molecule is N#Cc1cc2c(nc1Sc1ncn[nH]1)CCC2. The molecule has 0 fully saturated rings.